The van der Waals surface area contributed by atoms with Crippen LogP contribution in [0.4, 0.5) is 17.1 Å². The zero-order valence-electron chi connectivity index (χ0n) is 31.2. The molecule has 9 aromatic carbocycles. The van der Waals surface area contributed by atoms with Gasteiger partial charge in [-0.25, -0.2) is 0 Å². The topological polar surface area (TPSA) is 20.8 Å². The lowest BCUT2D eigenvalue weighted by atomic mass is 9.99. The molecule has 0 aliphatic rings. The van der Waals surface area contributed by atoms with Crippen LogP contribution in [0.2, 0.25) is 0 Å². The minimum absolute atomic E-state index is 0.908. The predicted molar refractivity (Wildman–Crippen MR) is 247 cm³/mol. The lowest BCUT2D eigenvalue weighted by Crippen LogP contribution is -2.11. The van der Waals surface area contributed by atoms with Crippen LogP contribution in [0.3, 0.4) is 0 Å². The van der Waals surface area contributed by atoms with Crippen molar-refractivity contribution in [2.24, 2.45) is 0 Å². The molecule has 13 rings (SSSR count). The van der Waals surface area contributed by atoms with E-state index < -0.39 is 0 Å². The van der Waals surface area contributed by atoms with Crippen molar-refractivity contribution < 1.29 is 4.42 Å². The van der Waals surface area contributed by atoms with Gasteiger partial charge in [-0.3, -0.25) is 0 Å². The molecule has 0 aliphatic carbocycles. The Kier molecular flexibility index (Phi) is 6.60. The number of aromatic nitrogens is 1. The normalized spacial score (nSPS) is 12.1. The maximum atomic E-state index is 6.16. The largest absolute Gasteiger partial charge is 0.456 e. The Morgan fingerprint density at radius 1 is 0.397 bits per heavy atom. The van der Waals surface area contributed by atoms with Gasteiger partial charge in [-0.2, -0.15) is 0 Å². The molecule has 4 aromatic heterocycles. The van der Waals surface area contributed by atoms with Gasteiger partial charge in [0.05, 0.1) is 22.2 Å². The number of para-hydroxylation sites is 4. The van der Waals surface area contributed by atoms with Gasteiger partial charge in [0.2, 0.25) is 0 Å². The lowest BCUT2D eigenvalue weighted by Gasteiger charge is -2.27. The summed E-state index contributed by atoms with van der Waals surface area (Å²) in [4.78, 5) is 2.44. The van der Waals surface area contributed by atoms with Gasteiger partial charge in [-0.1, -0.05) is 127 Å². The van der Waals surface area contributed by atoms with Gasteiger partial charge in [0.15, 0.2) is 0 Å². The Bertz CT molecular complexity index is 3740. The van der Waals surface area contributed by atoms with E-state index in [1.807, 2.05) is 23.5 Å². The van der Waals surface area contributed by atoms with Crippen LogP contribution in [-0.2, 0) is 0 Å². The third-order valence-electron chi connectivity index (χ3n) is 12.1. The van der Waals surface area contributed by atoms with Crippen LogP contribution in [0.15, 0.2) is 199 Å². The highest BCUT2D eigenvalue weighted by Gasteiger charge is 2.23. The van der Waals surface area contributed by atoms with Crippen LogP contribution < -0.4 is 4.90 Å². The SMILES string of the molecule is c1ccc2c(c1)oc1ccc(-c3ccc(N(c4ccc(-c5cccc6sc7ccccc7c56)cc4)c4cccc5c6cccc7c8ccccc8n(c45)c76)cc3)cc12. The van der Waals surface area contributed by atoms with E-state index in [-0.39, 0.29) is 0 Å². The number of anilines is 3. The second-order valence-corrected chi connectivity index (χ2v) is 16.3. The van der Waals surface area contributed by atoms with E-state index in [1.165, 1.54) is 69.4 Å². The van der Waals surface area contributed by atoms with Crippen LogP contribution in [0.25, 0.3) is 102 Å². The summed E-state index contributed by atoms with van der Waals surface area (Å²) in [5, 5.41) is 9.99. The average Bonchev–Trinajstić information content (AvgIpc) is 4.04. The minimum atomic E-state index is 0.908. The van der Waals surface area contributed by atoms with Gasteiger partial charge >= 0.3 is 0 Å². The van der Waals surface area contributed by atoms with E-state index in [2.05, 4.69) is 191 Å². The van der Waals surface area contributed by atoms with Crippen molar-refractivity contribution >= 4 is 109 Å². The molecule has 0 spiro atoms. The molecular formula is C54H32N2OS. The number of rotatable bonds is 5. The molecule has 58 heavy (non-hydrogen) atoms. The minimum Gasteiger partial charge on any atom is -0.456 e. The number of nitrogens with zero attached hydrogens (tertiary/aromatic N) is 2. The average molecular weight is 757 g/mol. The number of hydrogen-bond acceptors (Lipinski definition) is 3. The van der Waals surface area contributed by atoms with Crippen molar-refractivity contribution in [2.45, 2.75) is 0 Å². The third-order valence-corrected chi connectivity index (χ3v) is 13.3. The molecular weight excluding hydrogens is 725 g/mol. The molecule has 0 fully saturated rings. The molecule has 0 bridgehead atoms. The number of benzene rings is 9. The molecule has 4 heteroatoms. The van der Waals surface area contributed by atoms with Crippen LogP contribution in [0.1, 0.15) is 0 Å². The fourth-order valence-electron chi connectivity index (χ4n) is 9.57. The zero-order valence-corrected chi connectivity index (χ0v) is 32.0. The van der Waals surface area contributed by atoms with Gasteiger partial charge in [-0.05, 0) is 89.0 Å². The molecule has 0 atom stereocenters. The van der Waals surface area contributed by atoms with E-state index in [9.17, 15) is 0 Å². The van der Waals surface area contributed by atoms with Crippen LogP contribution in [-0.4, -0.2) is 4.40 Å². The molecule has 0 radical (unpaired) electrons. The first-order chi connectivity index (χ1) is 28.8. The highest BCUT2D eigenvalue weighted by atomic mass is 32.1. The second kappa shape index (κ2) is 12.1. The fraction of sp³-hybridized carbons (Fsp3) is 0. The van der Waals surface area contributed by atoms with Crippen LogP contribution in [0.5, 0.6) is 0 Å². The molecule has 270 valence electrons. The predicted octanol–water partition coefficient (Wildman–Crippen LogP) is 15.9. The van der Waals surface area contributed by atoms with Gasteiger partial charge < -0.3 is 13.7 Å². The third kappa shape index (κ3) is 4.49. The van der Waals surface area contributed by atoms with Crippen molar-refractivity contribution in [2.75, 3.05) is 4.90 Å². The summed E-state index contributed by atoms with van der Waals surface area (Å²) in [6.45, 7) is 0. The summed E-state index contributed by atoms with van der Waals surface area (Å²) in [5.41, 5.74) is 13.6. The Labute approximate surface area is 337 Å². The first-order valence-electron chi connectivity index (χ1n) is 19.8. The van der Waals surface area contributed by atoms with Crippen molar-refractivity contribution in [1.29, 1.82) is 0 Å². The monoisotopic (exact) mass is 756 g/mol. The number of thiophene rings is 1. The maximum absolute atomic E-state index is 6.16. The zero-order chi connectivity index (χ0) is 37.9. The van der Waals surface area contributed by atoms with Crippen LogP contribution in [0, 0.1) is 0 Å². The number of furan rings is 1. The lowest BCUT2D eigenvalue weighted by molar-refractivity contribution is 0.669. The maximum Gasteiger partial charge on any atom is 0.135 e. The van der Waals surface area contributed by atoms with E-state index in [1.54, 1.807) is 0 Å². The van der Waals surface area contributed by atoms with Gasteiger partial charge in [-0.15, -0.1) is 11.3 Å². The van der Waals surface area contributed by atoms with E-state index in [0.29, 0.717) is 0 Å². The molecule has 0 aliphatic heterocycles. The molecule has 0 amide bonds. The van der Waals surface area contributed by atoms with Crippen LogP contribution >= 0.6 is 11.3 Å². The summed E-state index contributed by atoms with van der Waals surface area (Å²) in [5.74, 6) is 0. The van der Waals surface area contributed by atoms with E-state index in [4.69, 9.17) is 4.42 Å². The Hall–Kier alpha value is -7.40. The first kappa shape index (κ1) is 31.8. The molecule has 13 aromatic rings. The fourth-order valence-corrected chi connectivity index (χ4v) is 10.7. The van der Waals surface area contributed by atoms with Crippen molar-refractivity contribution in [1.82, 2.24) is 4.40 Å². The summed E-state index contributed by atoms with van der Waals surface area (Å²) < 4.78 is 11.3. The Morgan fingerprint density at radius 3 is 1.81 bits per heavy atom. The molecule has 0 saturated heterocycles. The van der Waals surface area contributed by atoms with Gasteiger partial charge in [0.25, 0.3) is 0 Å². The quantitative estimate of drug-likeness (QED) is 0.174. The summed E-state index contributed by atoms with van der Waals surface area (Å²) in [6, 6.07) is 70.8. The standard InChI is InChI=1S/C54H32N2OS/c1-4-17-46-39(10-1)41-14-7-15-42-43-16-8-18-47(54(43)56(46)53(41)42)55(36-27-22-33(23-28-36)35-26-31-49-45(32-35)40-11-2-5-19-48(40)57-49)37-29-24-34(25-30-37)38-13-9-21-51-52(38)44-12-3-6-20-50(44)58-51/h1-32H. The second-order valence-electron chi connectivity index (χ2n) is 15.2. The highest BCUT2D eigenvalue weighted by molar-refractivity contribution is 7.25. The smallest absolute Gasteiger partial charge is 0.135 e. The molecule has 0 unspecified atom stereocenters. The number of hydrogen-bond donors (Lipinski definition) is 0. The van der Waals surface area contributed by atoms with Crippen molar-refractivity contribution in [3.8, 4) is 22.3 Å². The molecule has 4 heterocycles. The van der Waals surface area contributed by atoms with Gasteiger partial charge in [0, 0.05) is 63.9 Å². The molecule has 3 nitrogen and oxygen atoms in total. The van der Waals surface area contributed by atoms with Crippen molar-refractivity contribution in [3.63, 3.8) is 0 Å². The number of fused-ring (bicyclic) bond motifs is 12. The highest BCUT2D eigenvalue weighted by Crippen LogP contribution is 2.47. The van der Waals surface area contributed by atoms with Gasteiger partial charge in [0.1, 0.15) is 11.2 Å². The summed E-state index contributed by atoms with van der Waals surface area (Å²) in [6.07, 6.45) is 0. The Morgan fingerprint density at radius 2 is 0.983 bits per heavy atom. The Balaban J connectivity index is 1.01. The van der Waals surface area contributed by atoms with E-state index in [0.717, 1.165) is 50.1 Å². The summed E-state index contributed by atoms with van der Waals surface area (Å²) >= 11 is 1.86. The summed E-state index contributed by atoms with van der Waals surface area (Å²) in [7, 11) is 0. The molecule has 0 saturated carbocycles. The van der Waals surface area contributed by atoms with E-state index >= 15 is 0 Å². The van der Waals surface area contributed by atoms with Crippen molar-refractivity contribution in [3.05, 3.63) is 194 Å². The first-order valence-corrected chi connectivity index (χ1v) is 20.6. The molecule has 0 N–H and O–H groups in total.